The summed E-state index contributed by atoms with van der Waals surface area (Å²) in [5.41, 5.74) is 1.15. The van der Waals surface area contributed by atoms with Crippen molar-refractivity contribution in [2.45, 2.75) is 25.8 Å². The van der Waals surface area contributed by atoms with Crippen LogP contribution in [0.4, 0.5) is 0 Å². The molecule has 0 radical (unpaired) electrons. The van der Waals surface area contributed by atoms with Crippen LogP contribution in [-0.2, 0) is 19.3 Å². The Balaban J connectivity index is 2.70. The summed E-state index contributed by atoms with van der Waals surface area (Å²) in [6.45, 7) is 3.28. The third-order valence-electron chi connectivity index (χ3n) is 2.72. The Labute approximate surface area is 116 Å². The van der Waals surface area contributed by atoms with E-state index in [1.54, 1.807) is 7.11 Å². The summed E-state index contributed by atoms with van der Waals surface area (Å²) >= 11 is 0. The lowest BCUT2D eigenvalue weighted by atomic mass is 10.2. The van der Waals surface area contributed by atoms with Gasteiger partial charge >= 0.3 is 8.80 Å². The van der Waals surface area contributed by atoms with Crippen LogP contribution >= 0.6 is 0 Å². The van der Waals surface area contributed by atoms with E-state index in [0.29, 0.717) is 25.7 Å². The molecule has 0 saturated carbocycles. The van der Waals surface area contributed by atoms with Crippen LogP contribution in [0.3, 0.4) is 0 Å². The van der Waals surface area contributed by atoms with Crippen LogP contribution in [0.25, 0.3) is 0 Å². The highest BCUT2D eigenvalue weighted by molar-refractivity contribution is 6.60. The molecule has 1 aromatic carbocycles. The second-order valence-corrected chi connectivity index (χ2v) is 7.03. The summed E-state index contributed by atoms with van der Waals surface area (Å²) in [5.74, 6) is 0. The van der Waals surface area contributed by atoms with E-state index in [1.165, 1.54) is 0 Å². The minimum absolute atomic E-state index is 0.118. The Morgan fingerprint density at radius 2 is 1.79 bits per heavy atom. The van der Waals surface area contributed by atoms with E-state index in [0.717, 1.165) is 12.0 Å². The topological polar surface area (TPSA) is 47.9 Å². The number of aliphatic hydroxyl groups is 1. The number of rotatable bonds is 10. The fourth-order valence-electron chi connectivity index (χ4n) is 1.73. The lowest BCUT2D eigenvalue weighted by Gasteiger charge is -2.28. The fraction of sp³-hybridized carbons (Fsp3) is 0.571. The zero-order chi connectivity index (χ0) is 14.0. The van der Waals surface area contributed by atoms with Crippen molar-refractivity contribution in [2.24, 2.45) is 0 Å². The minimum Gasteiger partial charge on any atom is -0.396 e. The monoisotopic (exact) mass is 284 g/mol. The van der Waals surface area contributed by atoms with Crippen molar-refractivity contribution < 1.29 is 18.4 Å². The fourth-order valence-corrected chi connectivity index (χ4v) is 4.10. The summed E-state index contributed by atoms with van der Waals surface area (Å²) in [6.07, 6.45) is 1.53. The van der Waals surface area contributed by atoms with E-state index in [2.05, 4.69) is 6.92 Å². The minimum atomic E-state index is -2.68. The van der Waals surface area contributed by atoms with Gasteiger partial charge in [-0.05, 0) is 18.4 Å². The SMILES string of the molecule is CCCO[Si](Cc1ccccc1)(OC)OCCCO. The summed E-state index contributed by atoms with van der Waals surface area (Å²) in [6, 6.07) is 10.7. The molecule has 0 fully saturated rings. The number of hydrogen-bond donors (Lipinski definition) is 1. The molecule has 108 valence electrons. The van der Waals surface area contributed by atoms with E-state index in [1.807, 2.05) is 30.3 Å². The molecule has 0 bridgehead atoms. The maximum Gasteiger partial charge on any atom is 0.505 e. The molecular formula is C14H24O4Si. The van der Waals surface area contributed by atoms with Gasteiger partial charge in [-0.2, -0.15) is 0 Å². The largest absolute Gasteiger partial charge is 0.505 e. The van der Waals surface area contributed by atoms with Crippen LogP contribution in [0.15, 0.2) is 30.3 Å². The van der Waals surface area contributed by atoms with Crippen LogP contribution in [0.2, 0.25) is 0 Å². The lowest BCUT2D eigenvalue weighted by molar-refractivity contribution is 0.0710. The van der Waals surface area contributed by atoms with E-state index >= 15 is 0 Å². The second kappa shape index (κ2) is 9.22. The van der Waals surface area contributed by atoms with Crippen LogP contribution in [0, 0.1) is 0 Å². The Morgan fingerprint density at radius 3 is 2.37 bits per heavy atom. The molecule has 0 aliphatic carbocycles. The molecule has 1 atom stereocenters. The molecule has 4 nitrogen and oxygen atoms in total. The summed E-state index contributed by atoms with van der Waals surface area (Å²) in [7, 11) is -1.04. The van der Waals surface area contributed by atoms with Crippen molar-refractivity contribution in [3.63, 3.8) is 0 Å². The maximum atomic E-state index is 8.86. The third kappa shape index (κ3) is 5.84. The summed E-state index contributed by atoms with van der Waals surface area (Å²) in [4.78, 5) is 0. The van der Waals surface area contributed by atoms with Gasteiger partial charge in [0.25, 0.3) is 0 Å². The van der Waals surface area contributed by atoms with E-state index in [9.17, 15) is 0 Å². The molecule has 0 aliphatic heterocycles. The molecule has 0 aromatic heterocycles. The number of aliphatic hydroxyl groups excluding tert-OH is 1. The Morgan fingerprint density at radius 1 is 1.11 bits per heavy atom. The molecule has 0 aliphatic rings. The van der Waals surface area contributed by atoms with Gasteiger partial charge in [0.05, 0.1) is 0 Å². The molecule has 1 rings (SSSR count). The van der Waals surface area contributed by atoms with Crippen LogP contribution in [0.1, 0.15) is 25.3 Å². The first-order valence-electron chi connectivity index (χ1n) is 6.74. The molecule has 19 heavy (non-hydrogen) atoms. The Bertz CT molecular complexity index is 333. The highest BCUT2D eigenvalue weighted by Gasteiger charge is 2.40. The zero-order valence-electron chi connectivity index (χ0n) is 11.8. The predicted octanol–water partition coefficient (Wildman–Crippen LogP) is 2.18. The molecule has 0 heterocycles. The van der Waals surface area contributed by atoms with Gasteiger partial charge in [-0.1, -0.05) is 37.3 Å². The molecule has 1 aromatic rings. The van der Waals surface area contributed by atoms with Crippen molar-refractivity contribution in [1.29, 1.82) is 0 Å². The van der Waals surface area contributed by atoms with Crippen molar-refractivity contribution in [1.82, 2.24) is 0 Å². The molecule has 5 heteroatoms. The Hall–Kier alpha value is -0.723. The summed E-state index contributed by atoms with van der Waals surface area (Å²) in [5, 5.41) is 8.86. The lowest BCUT2D eigenvalue weighted by Crippen LogP contribution is -2.48. The highest BCUT2D eigenvalue weighted by Crippen LogP contribution is 2.17. The number of hydrogen-bond acceptors (Lipinski definition) is 4. The van der Waals surface area contributed by atoms with Crippen LogP contribution < -0.4 is 0 Å². The molecule has 0 spiro atoms. The second-order valence-electron chi connectivity index (χ2n) is 4.32. The molecule has 1 unspecified atom stereocenters. The highest BCUT2D eigenvalue weighted by atomic mass is 28.4. The third-order valence-corrected chi connectivity index (χ3v) is 5.48. The van der Waals surface area contributed by atoms with Gasteiger partial charge in [-0.25, -0.2) is 0 Å². The van der Waals surface area contributed by atoms with Gasteiger partial charge in [-0.3, -0.25) is 0 Å². The molecule has 1 N–H and O–H groups in total. The first-order valence-corrected chi connectivity index (χ1v) is 8.67. The van der Waals surface area contributed by atoms with E-state index in [-0.39, 0.29) is 6.61 Å². The van der Waals surface area contributed by atoms with Gasteiger partial charge in [0.1, 0.15) is 0 Å². The van der Waals surface area contributed by atoms with Crippen molar-refractivity contribution in [3.8, 4) is 0 Å². The van der Waals surface area contributed by atoms with Gasteiger partial charge in [-0.15, -0.1) is 0 Å². The average Bonchev–Trinajstić information content (AvgIpc) is 2.46. The van der Waals surface area contributed by atoms with Gasteiger partial charge < -0.3 is 18.4 Å². The smallest absolute Gasteiger partial charge is 0.396 e. The first-order chi connectivity index (χ1) is 9.26. The molecular weight excluding hydrogens is 260 g/mol. The standard InChI is InChI=1S/C14H24O4Si/c1-3-11-17-19(16-2,18-12-7-10-15)13-14-8-5-4-6-9-14/h4-6,8-9,15H,3,7,10-13H2,1-2H3. The van der Waals surface area contributed by atoms with Crippen molar-refractivity contribution >= 4 is 8.80 Å². The zero-order valence-corrected chi connectivity index (χ0v) is 12.8. The summed E-state index contributed by atoms with van der Waals surface area (Å²) < 4.78 is 17.4. The van der Waals surface area contributed by atoms with Crippen LogP contribution in [-0.4, -0.2) is 40.8 Å². The van der Waals surface area contributed by atoms with Crippen LogP contribution in [0.5, 0.6) is 0 Å². The average molecular weight is 284 g/mol. The van der Waals surface area contributed by atoms with E-state index in [4.69, 9.17) is 18.4 Å². The molecule has 0 saturated heterocycles. The van der Waals surface area contributed by atoms with Gasteiger partial charge in [0.2, 0.25) is 0 Å². The van der Waals surface area contributed by atoms with Gasteiger partial charge in [0.15, 0.2) is 0 Å². The normalized spacial score (nSPS) is 14.3. The maximum absolute atomic E-state index is 8.86. The quantitative estimate of drug-likeness (QED) is 0.528. The van der Waals surface area contributed by atoms with E-state index < -0.39 is 8.80 Å². The predicted molar refractivity (Wildman–Crippen MR) is 76.8 cm³/mol. The number of benzene rings is 1. The van der Waals surface area contributed by atoms with Gasteiger partial charge in [0, 0.05) is 33.0 Å². The van der Waals surface area contributed by atoms with Crippen molar-refractivity contribution in [3.05, 3.63) is 35.9 Å². The molecule has 0 amide bonds. The van der Waals surface area contributed by atoms with Crippen molar-refractivity contribution in [2.75, 3.05) is 26.9 Å². The Kier molecular flexibility index (Phi) is 7.93. The first kappa shape index (κ1) is 16.3.